The number of ether oxygens (including phenoxy) is 1. The van der Waals surface area contributed by atoms with Crippen molar-refractivity contribution in [1.29, 1.82) is 0 Å². The summed E-state index contributed by atoms with van der Waals surface area (Å²) in [6.07, 6.45) is 6.16. The Balaban J connectivity index is 2.14. The van der Waals surface area contributed by atoms with E-state index in [9.17, 15) is 5.11 Å². The van der Waals surface area contributed by atoms with Crippen LogP contribution in [0.15, 0.2) is 6.20 Å². The predicted octanol–water partition coefficient (Wildman–Crippen LogP) is 2.14. The van der Waals surface area contributed by atoms with Crippen LogP contribution in [0.1, 0.15) is 42.5 Å². The van der Waals surface area contributed by atoms with E-state index in [1.807, 2.05) is 27.1 Å². The summed E-state index contributed by atoms with van der Waals surface area (Å²) in [6.45, 7) is 4.02. The van der Waals surface area contributed by atoms with Gasteiger partial charge >= 0.3 is 0 Å². The van der Waals surface area contributed by atoms with Crippen molar-refractivity contribution in [2.45, 2.75) is 57.6 Å². The summed E-state index contributed by atoms with van der Waals surface area (Å²) in [5.41, 5.74) is 2.43. The van der Waals surface area contributed by atoms with Gasteiger partial charge in [0.2, 0.25) is 0 Å². The van der Waals surface area contributed by atoms with Gasteiger partial charge in [-0.1, -0.05) is 0 Å². The van der Waals surface area contributed by atoms with E-state index < -0.39 is 5.60 Å². The van der Waals surface area contributed by atoms with Crippen molar-refractivity contribution in [2.75, 3.05) is 14.2 Å². The maximum absolute atomic E-state index is 10.8. The Morgan fingerprint density at radius 1 is 1.40 bits per heavy atom. The van der Waals surface area contributed by atoms with Gasteiger partial charge in [0, 0.05) is 35.5 Å². The second-order valence-corrected chi connectivity index (χ2v) is 6.01. The Hall–Kier alpha value is -1.13. The molecule has 0 aliphatic heterocycles. The Kier molecular flexibility index (Phi) is 4.66. The Morgan fingerprint density at radius 3 is 2.60 bits per heavy atom. The Bertz CT molecular complexity index is 466. The molecule has 0 aromatic carbocycles. The molecular weight excluding hydrogens is 252 g/mol. The van der Waals surface area contributed by atoms with E-state index in [1.54, 1.807) is 7.11 Å². The van der Waals surface area contributed by atoms with Crippen molar-refractivity contribution >= 4 is 0 Å². The third-order valence-corrected chi connectivity index (χ3v) is 4.57. The molecule has 1 saturated carbocycles. The van der Waals surface area contributed by atoms with Crippen LogP contribution in [-0.2, 0) is 6.42 Å². The first-order valence-electron chi connectivity index (χ1n) is 7.38. The molecule has 1 aliphatic rings. The smallest absolute Gasteiger partial charge is 0.128 e. The highest BCUT2D eigenvalue weighted by atomic mass is 16.5. The quantitative estimate of drug-likeness (QED) is 0.886. The molecule has 1 aromatic rings. The van der Waals surface area contributed by atoms with Crippen LogP contribution in [0.5, 0.6) is 5.75 Å². The van der Waals surface area contributed by atoms with E-state index in [-0.39, 0.29) is 0 Å². The molecule has 0 amide bonds. The highest BCUT2D eigenvalue weighted by Gasteiger charge is 2.34. The monoisotopic (exact) mass is 278 g/mol. The van der Waals surface area contributed by atoms with Gasteiger partial charge in [-0.25, -0.2) is 0 Å². The van der Waals surface area contributed by atoms with Gasteiger partial charge < -0.3 is 15.2 Å². The fourth-order valence-electron chi connectivity index (χ4n) is 3.18. The molecule has 0 bridgehead atoms. The van der Waals surface area contributed by atoms with Crippen LogP contribution in [0.3, 0.4) is 0 Å². The Labute approximate surface area is 121 Å². The lowest BCUT2D eigenvalue weighted by atomic mass is 9.79. The molecule has 20 heavy (non-hydrogen) atoms. The summed E-state index contributed by atoms with van der Waals surface area (Å²) >= 11 is 0. The molecule has 1 aromatic heterocycles. The normalized spacial score (nSPS) is 26.6. The average Bonchev–Trinajstić information content (AvgIpc) is 2.44. The predicted molar refractivity (Wildman–Crippen MR) is 80.2 cm³/mol. The molecule has 0 atom stereocenters. The average molecular weight is 278 g/mol. The van der Waals surface area contributed by atoms with Crippen LogP contribution in [0.4, 0.5) is 0 Å². The highest BCUT2D eigenvalue weighted by molar-refractivity contribution is 5.41. The largest absolute Gasteiger partial charge is 0.496 e. The van der Waals surface area contributed by atoms with Crippen LogP contribution in [0.25, 0.3) is 0 Å². The first kappa shape index (κ1) is 15.3. The number of nitrogens with one attached hydrogen (secondary N) is 1. The molecule has 1 heterocycles. The molecule has 1 aliphatic carbocycles. The van der Waals surface area contributed by atoms with Crippen LogP contribution >= 0.6 is 0 Å². The number of nitrogens with zero attached hydrogens (tertiary/aromatic N) is 1. The molecular formula is C16H26N2O2. The summed E-state index contributed by atoms with van der Waals surface area (Å²) < 4.78 is 5.44. The van der Waals surface area contributed by atoms with Crippen molar-refractivity contribution < 1.29 is 9.84 Å². The number of aryl methyl sites for hydroxylation is 1. The lowest BCUT2D eigenvalue weighted by molar-refractivity contribution is -0.00338. The molecule has 2 N–H and O–H groups in total. The van der Waals surface area contributed by atoms with Crippen LogP contribution in [0.2, 0.25) is 0 Å². The molecule has 4 heteroatoms. The van der Waals surface area contributed by atoms with Crippen LogP contribution in [0, 0.1) is 13.8 Å². The third-order valence-electron chi connectivity index (χ3n) is 4.57. The van der Waals surface area contributed by atoms with E-state index in [4.69, 9.17) is 4.74 Å². The number of hydrogen-bond acceptors (Lipinski definition) is 4. The van der Waals surface area contributed by atoms with E-state index in [0.29, 0.717) is 12.5 Å². The molecule has 4 nitrogen and oxygen atoms in total. The molecule has 0 spiro atoms. The SMILES string of the molecule is CNC1CCC(O)(Cc2ncc(C)c(OC)c2C)CC1. The van der Waals surface area contributed by atoms with E-state index in [2.05, 4.69) is 10.3 Å². The summed E-state index contributed by atoms with van der Waals surface area (Å²) in [5.74, 6) is 0.891. The molecule has 2 rings (SSSR count). The zero-order chi connectivity index (χ0) is 14.8. The second kappa shape index (κ2) is 6.10. The van der Waals surface area contributed by atoms with Crippen molar-refractivity contribution in [1.82, 2.24) is 10.3 Å². The molecule has 0 saturated heterocycles. The standard InChI is InChI=1S/C16H26N2O2/c1-11-10-18-14(12(2)15(11)20-4)9-16(19)7-5-13(17-3)6-8-16/h10,13,17,19H,5-9H2,1-4H3. The zero-order valence-electron chi connectivity index (χ0n) is 13.0. The first-order valence-corrected chi connectivity index (χ1v) is 7.38. The maximum atomic E-state index is 10.8. The minimum atomic E-state index is -0.620. The van der Waals surface area contributed by atoms with Crippen LogP contribution in [-0.4, -0.2) is 35.9 Å². The van der Waals surface area contributed by atoms with Gasteiger partial charge in [-0.05, 0) is 46.6 Å². The minimum absolute atomic E-state index is 0.539. The van der Waals surface area contributed by atoms with Crippen molar-refractivity contribution in [3.05, 3.63) is 23.0 Å². The van der Waals surface area contributed by atoms with Crippen LogP contribution < -0.4 is 10.1 Å². The second-order valence-electron chi connectivity index (χ2n) is 6.01. The van der Waals surface area contributed by atoms with Gasteiger partial charge in [0.05, 0.1) is 12.7 Å². The van der Waals surface area contributed by atoms with Gasteiger partial charge in [-0.3, -0.25) is 4.98 Å². The lowest BCUT2D eigenvalue weighted by Gasteiger charge is -2.36. The molecule has 1 fully saturated rings. The number of rotatable bonds is 4. The lowest BCUT2D eigenvalue weighted by Crippen LogP contribution is -2.41. The fraction of sp³-hybridized carbons (Fsp3) is 0.688. The van der Waals surface area contributed by atoms with E-state index in [0.717, 1.165) is 48.3 Å². The van der Waals surface area contributed by atoms with E-state index in [1.165, 1.54) is 0 Å². The van der Waals surface area contributed by atoms with Gasteiger partial charge in [0.25, 0.3) is 0 Å². The zero-order valence-corrected chi connectivity index (χ0v) is 13.0. The van der Waals surface area contributed by atoms with Gasteiger partial charge in [-0.15, -0.1) is 0 Å². The van der Waals surface area contributed by atoms with Crippen molar-refractivity contribution in [2.24, 2.45) is 0 Å². The summed E-state index contributed by atoms with van der Waals surface area (Å²) in [5, 5.41) is 14.1. The van der Waals surface area contributed by atoms with E-state index >= 15 is 0 Å². The van der Waals surface area contributed by atoms with Crippen molar-refractivity contribution in [3.63, 3.8) is 0 Å². The highest BCUT2D eigenvalue weighted by Crippen LogP contribution is 2.33. The van der Waals surface area contributed by atoms with Gasteiger partial charge in [0.15, 0.2) is 0 Å². The summed E-state index contributed by atoms with van der Waals surface area (Å²) in [6, 6.07) is 0.539. The van der Waals surface area contributed by atoms with Gasteiger partial charge in [0.1, 0.15) is 5.75 Å². The topological polar surface area (TPSA) is 54.4 Å². The number of methoxy groups -OCH3 is 1. The number of hydrogen-bond donors (Lipinski definition) is 2. The first-order chi connectivity index (χ1) is 9.49. The van der Waals surface area contributed by atoms with Gasteiger partial charge in [-0.2, -0.15) is 0 Å². The molecule has 0 radical (unpaired) electrons. The fourth-order valence-corrected chi connectivity index (χ4v) is 3.18. The maximum Gasteiger partial charge on any atom is 0.128 e. The summed E-state index contributed by atoms with van der Waals surface area (Å²) in [7, 11) is 3.68. The Morgan fingerprint density at radius 2 is 2.05 bits per heavy atom. The van der Waals surface area contributed by atoms with Crippen molar-refractivity contribution in [3.8, 4) is 5.75 Å². The number of aliphatic hydroxyl groups is 1. The molecule has 0 unspecified atom stereocenters. The minimum Gasteiger partial charge on any atom is -0.496 e. The number of aromatic nitrogens is 1. The third kappa shape index (κ3) is 3.13. The number of pyridine rings is 1. The molecule has 112 valence electrons. The summed E-state index contributed by atoms with van der Waals surface area (Å²) in [4.78, 5) is 4.51.